The van der Waals surface area contributed by atoms with E-state index in [0.717, 1.165) is 55.5 Å². The van der Waals surface area contributed by atoms with E-state index in [-0.39, 0.29) is 0 Å². The maximum atomic E-state index is 4.57. The van der Waals surface area contributed by atoms with Crippen LogP contribution in [0.1, 0.15) is 11.1 Å². The van der Waals surface area contributed by atoms with Gasteiger partial charge in [-0.3, -0.25) is 4.99 Å². The Morgan fingerprint density at radius 3 is 2.54 bits per heavy atom. The maximum Gasteiger partial charge on any atom is 0.193 e. The lowest BCUT2D eigenvalue weighted by Gasteiger charge is -2.33. The number of nitrogens with zero attached hydrogens (tertiary/aromatic N) is 5. The Labute approximate surface area is 176 Å². The van der Waals surface area contributed by atoms with Gasteiger partial charge in [-0.05, 0) is 42.4 Å². The number of hydrogen-bond acceptors (Lipinski definition) is 4. The van der Waals surface area contributed by atoms with Gasteiger partial charge >= 0.3 is 0 Å². The minimum absolute atomic E-state index is 0.723. The van der Waals surface area contributed by atoms with E-state index in [9.17, 15) is 0 Å². The molecule has 0 bridgehead atoms. The fourth-order valence-electron chi connectivity index (χ4n) is 3.28. The smallest absolute Gasteiger partial charge is 0.193 e. The lowest BCUT2D eigenvalue weighted by Crippen LogP contribution is -2.44. The van der Waals surface area contributed by atoms with E-state index in [0.29, 0.717) is 0 Å². The van der Waals surface area contributed by atoms with Crippen LogP contribution in [0.5, 0.6) is 0 Å². The van der Waals surface area contributed by atoms with Crippen LogP contribution in [0.3, 0.4) is 0 Å². The Balaban J connectivity index is 1.57. The van der Waals surface area contributed by atoms with Gasteiger partial charge in [0.05, 0.1) is 0 Å². The zero-order valence-electron chi connectivity index (χ0n) is 16.9. The monoisotopic (exact) mass is 444 g/mol. The Morgan fingerprint density at radius 1 is 1.14 bits per heavy atom. The van der Waals surface area contributed by atoms with Gasteiger partial charge in [0.25, 0.3) is 0 Å². The number of piperazine rings is 1. The third kappa shape index (κ3) is 5.69. The van der Waals surface area contributed by atoms with Crippen LogP contribution in [-0.4, -0.2) is 68.1 Å². The molecule has 28 heavy (non-hydrogen) atoms. The van der Waals surface area contributed by atoms with Crippen LogP contribution in [0, 0.1) is 0 Å². The average Bonchev–Trinajstić information content (AvgIpc) is 2.71. The fraction of sp³-hybridized carbons (Fsp3) is 0.429. The second-order valence-electron chi connectivity index (χ2n) is 7.20. The highest BCUT2D eigenvalue weighted by atomic mass is 79.9. The molecule has 0 aliphatic carbocycles. The molecule has 7 heteroatoms. The van der Waals surface area contributed by atoms with Crippen LogP contribution in [0.4, 0.5) is 5.82 Å². The molecule has 1 aromatic carbocycles. The normalized spacial score (nSPS) is 15.6. The zero-order chi connectivity index (χ0) is 19.9. The summed E-state index contributed by atoms with van der Waals surface area (Å²) >= 11 is 3.48. The average molecular weight is 445 g/mol. The van der Waals surface area contributed by atoms with E-state index >= 15 is 0 Å². The van der Waals surface area contributed by atoms with Crippen molar-refractivity contribution in [2.24, 2.45) is 4.99 Å². The molecule has 1 saturated heterocycles. The van der Waals surface area contributed by atoms with E-state index in [1.807, 2.05) is 13.2 Å². The zero-order valence-corrected chi connectivity index (χ0v) is 18.5. The predicted octanol–water partition coefficient (Wildman–Crippen LogP) is 2.80. The molecule has 0 radical (unpaired) electrons. The van der Waals surface area contributed by atoms with Crippen molar-refractivity contribution >= 4 is 27.7 Å². The summed E-state index contributed by atoms with van der Waals surface area (Å²) in [6, 6.07) is 12.6. The van der Waals surface area contributed by atoms with E-state index < -0.39 is 0 Å². The molecule has 1 aromatic heterocycles. The van der Waals surface area contributed by atoms with E-state index in [4.69, 9.17) is 0 Å². The van der Waals surface area contributed by atoms with Gasteiger partial charge in [0.2, 0.25) is 0 Å². The van der Waals surface area contributed by atoms with Crippen LogP contribution >= 0.6 is 15.9 Å². The standard InChI is InChI=1S/C21H29BrN6/c1-23-21(27(3)16-17-4-6-19(22)7-5-17)25-15-18-8-9-24-20(14-18)28-12-10-26(2)11-13-28/h4-9,14H,10-13,15-16H2,1-3H3,(H,23,25). The van der Waals surface area contributed by atoms with Crippen molar-refractivity contribution in [3.63, 3.8) is 0 Å². The predicted molar refractivity (Wildman–Crippen MR) is 120 cm³/mol. The molecule has 2 heterocycles. The lowest BCUT2D eigenvalue weighted by atomic mass is 10.2. The first-order valence-electron chi connectivity index (χ1n) is 9.60. The van der Waals surface area contributed by atoms with E-state index in [2.05, 4.69) is 96.4 Å². The largest absolute Gasteiger partial charge is 0.354 e. The first-order valence-corrected chi connectivity index (χ1v) is 10.4. The third-order valence-electron chi connectivity index (χ3n) is 4.99. The summed E-state index contributed by atoms with van der Waals surface area (Å²) in [5.74, 6) is 1.94. The minimum Gasteiger partial charge on any atom is -0.354 e. The first-order chi connectivity index (χ1) is 13.5. The number of hydrogen-bond donors (Lipinski definition) is 1. The summed E-state index contributed by atoms with van der Waals surface area (Å²) in [5.41, 5.74) is 2.46. The van der Waals surface area contributed by atoms with E-state index in [1.54, 1.807) is 0 Å². The molecule has 6 nitrogen and oxygen atoms in total. The van der Waals surface area contributed by atoms with Crippen LogP contribution in [0.15, 0.2) is 52.1 Å². The van der Waals surface area contributed by atoms with Crippen LogP contribution < -0.4 is 10.2 Å². The summed E-state index contributed by atoms with van der Waals surface area (Å²) in [6.45, 7) is 5.74. The van der Waals surface area contributed by atoms with Gasteiger partial charge in [0.1, 0.15) is 5.82 Å². The van der Waals surface area contributed by atoms with E-state index in [1.165, 1.54) is 11.1 Å². The number of aromatic nitrogens is 1. The Bertz CT molecular complexity index is 784. The van der Waals surface area contributed by atoms with Crippen molar-refractivity contribution in [3.8, 4) is 0 Å². The van der Waals surface area contributed by atoms with Crippen molar-refractivity contribution in [2.45, 2.75) is 13.1 Å². The first kappa shape index (κ1) is 20.6. The molecule has 150 valence electrons. The molecule has 0 amide bonds. The van der Waals surface area contributed by atoms with Gasteiger partial charge in [-0.2, -0.15) is 0 Å². The fourth-order valence-corrected chi connectivity index (χ4v) is 3.55. The molecule has 0 atom stereocenters. The van der Waals surface area contributed by atoms with Gasteiger partial charge in [-0.1, -0.05) is 28.1 Å². The number of guanidine groups is 1. The van der Waals surface area contributed by atoms with Crippen LogP contribution in [0.25, 0.3) is 0 Å². The highest BCUT2D eigenvalue weighted by Gasteiger charge is 2.15. The molecular weight excluding hydrogens is 416 g/mol. The van der Waals surface area contributed by atoms with Crippen molar-refractivity contribution < 1.29 is 0 Å². The number of rotatable bonds is 5. The maximum absolute atomic E-state index is 4.57. The minimum atomic E-state index is 0.723. The molecule has 0 unspecified atom stereocenters. The summed E-state index contributed by atoms with van der Waals surface area (Å²) in [7, 11) is 6.05. The summed E-state index contributed by atoms with van der Waals surface area (Å²) in [6.07, 6.45) is 1.90. The van der Waals surface area contributed by atoms with Crippen molar-refractivity contribution in [1.29, 1.82) is 0 Å². The second kappa shape index (κ2) is 9.89. The van der Waals surface area contributed by atoms with Gasteiger partial charge in [-0.15, -0.1) is 0 Å². The number of anilines is 1. The van der Waals surface area contributed by atoms with Gasteiger partial charge in [-0.25, -0.2) is 4.98 Å². The summed E-state index contributed by atoms with van der Waals surface area (Å²) < 4.78 is 1.09. The molecule has 1 aliphatic rings. The number of benzene rings is 1. The molecule has 1 N–H and O–H groups in total. The second-order valence-corrected chi connectivity index (χ2v) is 8.11. The lowest BCUT2D eigenvalue weighted by molar-refractivity contribution is 0.312. The Hall–Kier alpha value is -2.12. The molecule has 1 aliphatic heterocycles. The number of likely N-dealkylation sites (N-methyl/N-ethyl adjacent to an activating group) is 1. The number of pyridine rings is 1. The highest BCUT2D eigenvalue weighted by Crippen LogP contribution is 2.15. The van der Waals surface area contributed by atoms with Crippen molar-refractivity contribution in [2.75, 3.05) is 52.2 Å². The van der Waals surface area contributed by atoms with Gasteiger partial charge in [0, 0.05) is 64.0 Å². The SMILES string of the molecule is CN=C(NCc1ccnc(N2CCN(C)CC2)c1)N(C)Cc1ccc(Br)cc1. The topological polar surface area (TPSA) is 47.0 Å². The highest BCUT2D eigenvalue weighted by molar-refractivity contribution is 9.10. The quantitative estimate of drug-likeness (QED) is 0.567. The summed E-state index contributed by atoms with van der Waals surface area (Å²) in [4.78, 5) is 15.8. The number of halogens is 1. The van der Waals surface area contributed by atoms with Crippen LogP contribution in [-0.2, 0) is 13.1 Å². The third-order valence-corrected chi connectivity index (χ3v) is 5.52. The molecule has 1 fully saturated rings. The molecule has 0 spiro atoms. The van der Waals surface area contributed by atoms with Crippen molar-refractivity contribution in [1.82, 2.24) is 20.1 Å². The molecule has 2 aromatic rings. The van der Waals surface area contributed by atoms with Crippen LogP contribution in [0.2, 0.25) is 0 Å². The molecule has 3 rings (SSSR count). The summed E-state index contributed by atoms with van der Waals surface area (Å²) in [5, 5.41) is 3.47. The Kier molecular flexibility index (Phi) is 7.28. The van der Waals surface area contributed by atoms with Gasteiger partial charge < -0.3 is 20.0 Å². The number of aliphatic imine (C=N–C) groups is 1. The Morgan fingerprint density at radius 2 is 1.86 bits per heavy atom. The molecule has 0 saturated carbocycles. The van der Waals surface area contributed by atoms with Crippen molar-refractivity contribution in [3.05, 3.63) is 58.2 Å². The number of nitrogens with one attached hydrogen (secondary N) is 1. The van der Waals surface area contributed by atoms with Gasteiger partial charge in [0.15, 0.2) is 5.96 Å². The molecular formula is C21H29BrN6.